The number of rotatable bonds is 7. The molecule has 2 aromatic rings. The van der Waals surface area contributed by atoms with Crippen LogP contribution in [0, 0.1) is 0 Å². The van der Waals surface area contributed by atoms with Crippen LogP contribution in [0.15, 0.2) is 45.5 Å². The number of hydrogen-bond donors (Lipinski definition) is 1. The molecule has 0 spiro atoms. The number of nitrogens with one attached hydrogen (secondary N) is 1. The number of halogens is 1. The Labute approximate surface area is 134 Å². The number of benzene rings is 1. The first-order chi connectivity index (χ1) is 10.3. The van der Waals surface area contributed by atoms with Gasteiger partial charge in [0.2, 0.25) is 0 Å². The van der Waals surface area contributed by atoms with Crippen molar-refractivity contribution in [3.63, 3.8) is 0 Å². The molecule has 1 aromatic heterocycles. The lowest BCUT2D eigenvalue weighted by atomic mass is 10.1. The summed E-state index contributed by atoms with van der Waals surface area (Å²) in [4.78, 5) is 2.36. The zero-order valence-electron chi connectivity index (χ0n) is 12.3. The van der Waals surface area contributed by atoms with Crippen molar-refractivity contribution in [1.29, 1.82) is 0 Å². The summed E-state index contributed by atoms with van der Waals surface area (Å²) in [6.45, 7) is 4.87. The third-order valence-electron chi connectivity index (χ3n) is 3.85. The van der Waals surface area contributed by atoms with E-state index in [0.717, 1.165) is 35.9 Å². The van der Waals surface area contributed by atoms with Gasteiger partial charge in [0.15, 0.2) is 0 Å². The Kier molecular flexibility index (Phi) is 4.66. The maximum Gasteiger partial charge on any atom is 0.123 e. The van der Waals surface area contributed by atoms with E-state index in [-0.39, 0.29) is 0 Å². The highest BCUT2D eigenvalue weighted by molar-refractivity contribution is 9.10. The van der Waals surface area contributed by atoms with E-state index in [1.54, 1.807) is 6.26 Å². The third-order valence-corrected chi connectivity index (χ3v) is 4.34. The maximum absolute atomic E-state index is 5.49. The normalized spacial score (nSPS) is 14.4. The molecule has 21 heavy (non-hydrogen) atoms. The molecule has 1 fully saturated rings. The minimum absolute atomic E-state index is 0.719. The summed E-state index contributed by atoms with van der Waals surface area (Å²) in [5.74, 6) is 1.00. The van der Waals surface area contributed by atoms with Crippen molar-refractivity contribution in [3.8, 4) is 0 Å². The summed E-state index contributed by atoms with van der Waals surface area (Å²) < 4.78 is 6.62. The van der Waals surface area contributed by atoms with Crippen LogP contribution in [0.1, 0.15) is 31.1 Å². The largest absolute Gasteiger partial charge is 0.467 e. The van der Waals surface area contributed by atoms with Crippen LogP contribution in [-0.4, -0.2) is 12.6 Å². The monoisotopic (exact) mass is 348 g/mol. The molecule has 1 aromatic carbocycles. The highest BCUT2D eigenvalue weighted by atomic mass is 79.9. The molecule has 1 N–H and O–H groups in total. The summed E-state index contributed by atoms with van der Waals surface area (Å²) in [6.07, 6.45) is 4.36. The fourth-order valence-corrected chi connectivity index (χ4v) is 2.91. The molecule has 4 heteroatoms. The summed E-state index contributed by atoms with van der Waals surface area (Å²) in [5, 5.41) is 3.61. The molecule has 1 heterocycles. The lowest BCUT2D eigenvalue weighted by molar-refractivity contribution is 0.503. The van der Waals surface area contributed by atoms with Crippen LogP contribution in [0.25, 0.3) is 0 Å². The van der Waals surface area contributed by atoms with Crippen LogP contribution in [0.4, 0.5) is 5.69 Å². The number of hydrogen-bond acceptors (Lipinski definition) is 3. The highest BCUT2D eigenvalue weighted by Gasteiger charge is 2.21. The van der Waals surface area contributed by atoms with Crippen LogP contribution in [0.3, 0.4) is 0 Å². The zero-order valence-corrected chi connectivity index (χ0v) is 13.9. The second kappa shape index (κ2) is 6.67. The summed E-state index contributed by atoms with van der Waals surface area (Å²) in [7, 11) is 0. The van der Waals surface area contributed by atoms with Crippen molar-refractivity contribution in [2.45, 2.75) is 38.9 Å². The molecule has 0 aliphatic heterocycles. The minimum atomic E-state index is 0.719. The molecule has 3 nitrogen and oxygen atoms in total. The van der Waals surface area contributed by atoms with Gasteiger partial charge >= 0.3 is 0 Å². The average Bonchev–Trinajstić information content (AvgIpc) is 3.18. The second-order valence-corrected chi connectivity index (χ2v) is 6.44. The van der Waals surface area contributed by atoms with E-state index in [2.05, 4.69) is 51.3 Å². The van der Waals surface area contributed by atoms with Crippen molar-refractivity contribution in [1.82, 2.24) is 5.32 Å². The van der Waals surface area contributed by atoms with Crippen molar-refractivity contribution >= 4 is 21.6 Å². The van der Waals surface area contributed by atoms with Gasteiger partial charge in [-0.15, -0.1) is 0 Å². The van der Waals surface area contributed by atoms with Crippen LogP contribution in [0.2, 0.25) is 0 Å². The van der Waals surface area contributed by atoms with Gasteiger partial charge in [-0.05, 0) is 55.7 Å². The van der Waals surface area contributed by atoms with Crippen LogP contribution in [-0.2, 0) is 13.1 Å². The van der Waals surface area contributed by atoms with Crippen molar-refractivity contribution in [2.24, 2.45) is 0 Å². The number of furan rings is 1. The Balaban J connectivity index is 1.79. The first-order valence-corrected chi connectivity index (χ1v) is 8.34. The third kappa shape index (κ3) is 3.89. The second-order valence-electron chi connectivity index (χ2n) is 5.52. The van der Waals surface area contributed by atoms with Crippen molar-refractivity contribution in [3.05, 3.63) is 52.4 Å². The molecule has 0 amide bonds. The number of anilines is 1. The molecule has 0 unspecified atom stereocenters. The average molecular weight is 349 g/mol. The van der Waals surface area contributed by atoms with E-state index in [1.807, 2.05) is 12.1 Å². The molecule has 0 bridgehead atoms. The smallest absolute Gasteiger partial charge is 0.123 e. The Morgan fingerprint density at radius 2 is 2.19 bits per heavy atom. The Morgan fingerprint density at radius 1 is 1.33 bits per heavy atom. The zero-order chi connectivity index (χ0) is 14.7. The fourth-order valence-electron chi connectivity index (χ4n) is 2.50. The van der Waals surface area contributed by atoms with Gasteiger partial charge in [-0.3, -0.25) is 0 Å². The van der Waals surface area contributed by atoms with E-state index >= 15 is 0 Å². The molecule has 1 aliphatic carbocycles. The molecule has 1 saturated carbocycles. The first-order valence-electron chi connectivity index (χ1n) is 7.55. The fraction of sp³-hybridized carbons (Fsp3) is 0.412. The van der Waals surface area contributed by atoms with Crippen molar-refractivity contribution < 1.29 is 4.42 Å². The Morgan fingerprint density at radius 3 is 2.86 bits per heavy atom. The molecule has 112 valence electrons. The minimum Gasteiger partial charge on any atom is -0.467 e. The lowest BCUT2D eigenvalue weighted by Crippen LogP contribution is -2.25. The van der Waals surface area contributed by atoms with E-state index < -0.39 is 0 Å². The van der Waals surface area contributed by atoms with Crippen LogP contribution >= 0.6 is 15.9 Å². The summed E-state index contributed by atoms with van der Waals surface area (Å²) in [5.41, 5.74) is 2.62. The quantitative estimate of drug-likeness (QED) is 0.807. The van der Waals surface area contributed by atoms with Gasteiger partial charge in [-0.2, -0.15) is 0 Å². The van der Waals surface area contributed by atoms with E-state index in [4.69, 9.17) is 4.42 Å². The standard InChI is InChI=1S/C17H21BrN2O/c1-2-20(12-16-4-3-9-21-16)17-8-5-14(18)10-13(17)11-19-15-6-7-15/h3-5,8-10,15,19H,2,6-7,11-12H2,1H3. The van der Waals surface area contributed by atoms with E-state index in [1.165, 1.54) is 24.1 Å². The first kappa shape index (κ1) is 14.7. The lowest BCUT2D eigenvalue weighted by Gasteiger charge is -2.25. The van der Waals surface area contributed by atoms with E-state index in [9.17, 15) is 0 Å². The van der Waals surface area contributed by atoms with Gasteiger partial charge in [-0.1, -0.05) is 15.9 Å². The van der Waals surface area contributed by atoms with Gasteiger partial charge in [0.25, 0.3) is 0 Å². The van der Waals surface area contributed by atoms with Gasteiger partial charge in [0.05, 0.1) is 12.8 Å². The maximum atomic E-state index is 5.49. The molecule has 0 atom stereocenters. The number of nitrogens with zero attached hydrogens (tertiary/aromatic N) is 1. The van der Waals surface area contributed by atoms with Gasteiger partial charge in [-0.25, -0.2) is 0 Å². The topological polar surface area (TPSA) is 28.4 Å². The van der Waals surface area contributed by atoms with E-state index in [0.29, 0.717) is 0 Å². The predicted molar refractivity (Wildman–Crippen MR) is 89.4 cm³/mol. The highest BCUT2D eigenvalue weighted by Crippen LogP contribution is 2.27. The Bertz CT molecular complexity index is 578. The predicted octanol–water partition coefficient (Wildman–Crippen LogP) is 4.32. The molecule has 1 aliphatic rings. The van der Waals surface area contributed by atoms with Gasteiger partial charge in [0.1, 0.15) is 5.76 Å². The molecule has 3 rings (SSSR count). The molecular formula is C17H21BrN2O. The van der Waals surface area contributed by atoms with Crippen molar-refractivity contribution in [2.75, 3.05) is 11.4 Å². The molecular weight excluding hydrogens is 328 g/mol. The summed E-state index contributed by atoms with van der Waals surface area (Å²) in [6, 6.07) is 11.2. The SMILES string of the molecule is CCN(Cc1ccco1)c1ccc(Br)cc1CNC1CC1. The molecule has 0 saturated heterocycles. The van der Waals surface area contributed by atoms with Crippen LogP contribution < -0.4 is 10.2 Å². The van der Waals surface area contributed by atoms with Crippen LogP contribution in [0.5, 0.6) is 0 Å². The Hall–Kier alpha value is -1.26. The van der Waals surface area contributed by atoms with Gasteiger partial charge in [0, 0.05) is 29.3 Å². The van der Waals surface area contributed by atoms with Gasteiger partial charge < -0.3 is 14.6 Å². The summed E-state index contributed by atoms with van der Waals surface area (Å²) >= 11 is 3.59. The molecule has 0 radical (unpaired) electrons.